The van der Waals surface area contributed by atoms with E-state index in [0.717, 1.165) is 26.0 Å². The van der Waals surface area contributed by atoms with Crippen LogP contribution in [0.15, 0.2) is 0 Å². The highest BCUT2D eigenvalue weighted by Crippen LogP contribution is 2.16. The van der Waals surface area contributed by atoms with Gasteiger partial charge < -0.3 is 14.4 Å². The minimum Gasteiger partial charge on any atom is -0.383 e. The number of hydrogen-bond acceptors (Lipinski definition) is 3. The number of rotatable bonds is 7. The molecule has 1 unspecified atom stereocenters. The standard InChI is InChI=1S/C13H25NO3/c1-11(2)10-14(6-8-16-3)13(15)9-12-5-4-7-17-12/h11-12H,4-10H2,1-3H3. The molecule has 0 aromatic rings. The Morgan fingerprint density at radius 3 is 2.82 bits per heavy atom. The first-order valence-corrected chi connectivity index (χ1v) is 6.51. The van der Waals surface area contributed by atoms with Crippen molar-refractivity contribution in [1.29, 1.82) is 0 Å². The molecule has 1 amide bonds. The van der Waals surface area contributed by atoms with Crippen LogP contribution in [0.4, 0.5) is 0 Å². The molecular weight excluding hydrogens is 218 g/mol. The number of amides is 1. The van der Waals surface area contributed by atoms with Gasteiger partial charge in [0.25, 0.3) is 0 Å². The van der Waals surface area contributed by atoms with E-state index >= 15 is 0 Å². The highest BCUT2D eigenvalue weighted by atomic mass is 16.5. The molecule has 17 heavy (non-hydrogen) atoms. The Bertz CT molecular complexity index is 225. The van der Waals surface area contributed by atoms with Gasteiger partial charge in [0, 0.05) is 26.8 Å². The molecule has 1 atom stereocenters. The maximum absolute atomic E-state index is 12.1. The molecule has 1 aliphatic heterocycles. The SMILES string of the molecule is COCCN(CC(C)C)C(=O)CC1CCCO1. The highest BCUT2D eigenvalue weighted by molar-refractivity contribution is 5.76. The van der Waals surface area contributed by atoms with Crippen LogP contribution in [-0.4, -0.2) is 50.3 Å². The van der Waals surface area contributed by atoms with E-state index in [1.54, 1.807) is 7.11 Å². The molecule has 1 fully saturated rings. The molecule has 0 aromatic carbocycles. The Balaban J connectivity index is 2.39. The summed E-state index contributed by atoms with van der Waals surface area (Å²) < 4.78 is 10.6. The Morgan fingerprint density at radius 2 is 2.29 bits per heavy atom. The zero-order chi connectivity index (χ0) is 12.7. The number of hydrogen-bond donors (Lipinski definition) is 0. The summed E-state index contributed by atoms with van der Waals surface area (Å²) >= 11 is 0. The van der Waals surface area contributed by atoms with Crippen molar-refractivity contribution in [3.63, 3.8) is 0 Å². The van der Waals surface area contributed by atoms with Crippen LogP contribution in [0.3, 0.4) is 0 Å². The Kier molecular flexibility index (Phi) is 6.52. The average molecular weight is 243 g/mol. The van der Waals surface area contributed by atoms with Gasteiger partial charge in [0.1, 0.15) is 0 Å². The predicted octanol–water partition coefficient (Wildman–Crippen LogP) is 1.69. The molecule has 1 aliphatic rings. The molecule has 0 N–H and O–H groups in total. The van der Waals surface area contributed by atoms with Crippen molar-refractivity contribution in [2.75, 3.05) is 33.4 Å². The van der Waals surface area contributed by atoms with E-state index in [1.165, 1.54) is 0 Å². The summed E-state index contributed by atoms with van der Waals surface area (Å²) in [5.41, 5.74) is 0. The fraction of sp³-hybridized carbons (Fsp3) is 0.923. The van der Waals surface area contributed by atoms with E-state index in [-0.39, 0.29) is 12.0 Å². The highest BCUT2D eigenvalue weighted by Gasteiger charge is 2.22. The first-order chi connectivity index (χ1) is 8.13. The van der Waals surface area contributed by atoms with Gasteiger partial charge in [0.05, 0.1) is 19.1 Å². The van der Waals surface area contributed by atoms with E-state index in [9.17, 15) is 4.79 Å². The van der Waals surface area contributed by atoms with Crippen LogP contribution < -0.4 is 0 Å². The van der Waals surface area contributed by atoms with Crippen LogP contribution >= 0.6 is 0 Å². The van der Waals surface area contributed by atoms with Gasteiger partial charge in [-0.1, -0.05) is 13.8 Å². The zero-order valence-electron chi connectivity index (χ0n) is 11.3. The quantitative estimate of drug-likeness (QED) is 0.683. The fourth-order valence-corrected chi connectivity index (χ4v) is 2.09. The molecule has 0 saturated carbocycles. The normalized spacial score (nSPS) is 19.9. The zero-order valence-corrected chi connectivity index (χ0v) is 11.3. The lowest BCUT2D eigenvalue weighted by atomic mass is 10.1. The average Bonchev–Trinajstić information content (AvgIpc) is 2.76. The van der Waals surface area contributed by atoms with Crippen molar-refractivity contribution < 1.29 is 14.3 Å². The fourth-order valence-electron chi connectivity index (χ4n) is 2.09. The largest absolute Gasteiger partial charge is 0.383 e. The summed E-state index contributed by atoms with van der Waals surface area (Å²) in [6.07, 6.45) is 2.77. The van der Waals surface area contributed by atoms with Crippen molar-refractivity contribution in [3.05, 3.63) is 0 Å². The van der Waals surface area contributed by atoms with Crippen molar-refractivity contribution in [2.24, 2.45) is 5.92 Å². The minimum absolute atomic E-state index is 0.139. The summed E-state index contributed by atoms with van der Waals surface area (Å²) in [4.78, 5) is 14.0. The summed E-state index contributed by atoms with van der Waals surface area (Å²) in [5.74, 6) is 0.683. The third kappa shape index (κ3) is 5.50. The van der Waals surface area contributed by atoms with Crippen molar-refractivity contribution in [3.8, 4) is 0 Å². The lowest BCUT2D eigenvalue weighted by Crippen LogP contribution is -2.38. The van der Waals surface area contributed by atoms with Crippen LogP contribution in [0, 0.1) is 5.92 Å². The van der Waals surface area contributed by atoms with E-state index in [4.69, 9.17) is 9.47 Å². The summed E-state index contributed by atoms with van der Waals surface area (Å²) in [5, 5.41) is 0. The van der Waals surface area contributed by atoms with Crippen LogP contribution in [0.25, 0.3) is 0 Å². The molecule has 1 saturated heterocycles. The summed E-state index contributed by atoms with van der Waals surface area (Å²) in [6.45, 7) is 7.14. The predicted molar refractivity (Wildman–Crippen MR) is 66.9 cm³/mol. The van der Waals surface area contributed by atoms with Gasteiger partial charge in [0.15, 0.2) is 0 Å². The number of carbonyl (C=O) groups excluding carboxylic acids is 1. The lowest BCUT2D eigenvalue weighted by molar-refractivity contribution is -0.134. The summed E-state index contributed by atoms with van der Waals surface area (Å²) in [6, 6.07) is 0. The van der Waals surface area contributed by atoms with Gasteiger partial charge in [-0.2, -0.15) is 0 Å². The van der Waals surface area contributed by atoms with E-state index in [2.05, 4.69) is 13.8 Å². The molecule has 0 spiro atoms. The molecule has 100 valence electrons. The van der Waals surface area contributed by atoms with E-state index in [0.29, 0.717) is 25.5 Å². The number of carbonyl (C=O) groups is 1. The second kappa shape index (κ2) is 7.67. The second-order valence-electron chi connectivity index (χ2n) is 5.07. The smallest absolute Gasteiger partial charge is 0.225 e. The topological polar surface area (TPSA) is 38.8 Å². The molecular formula is C13H25NO3. The molecule has 1 rings (SSSR count). The second-order valence-corrected chi connectivity index (χ2v) is 5.07. The van der Waals surface area contributed by atoms with Crippen molar-refractivity contribution in [2.45, 2.75) is 39.2 Å². The third-order valence-electron chi connectivity index (χ3n) is 2.93. The third-order valence-corrected chi connectivity index (χ3v) is 2.93. The first kappa shape index (κ1) is 14.5. The molecule has 4 heteroatoms. The number of ether oxygens (including phenoxy) is 2. The molecule has 1 heterocycles. The number of methoxy groups -OCH3 is 1. The van der Waals surface area contributed by atoms with Crippen molar-refractivity contribution >= 4 is 5.91 Å². The minimum atomic E-state index is 0.139. The van der Waals surface area contributed by atoms with Gasteiger partial charge in [-0.05, 0) is 18.8 Å². The van der Waals surface area contributed by atoms with Crippen LogP contribution in [0.2, 0.25) is 0 Å². The first-order valence-electron chi connectivity index (χ1n) is 6.51. The number of nitrogens with zero attached hydrogens (tertiary/aromatic N) is 1. The lowest BCUT2D eigenvalue weighted by Gasteiger charge is -2.25. The van der Waals surface area contributed by atoms with E-state index < -0.39 is 0 Å². The Labute approximate surface area is 104 Å². The summed E-state index contributed by atoms with van der Waals surface area (Å²) in [7, 11) is 1.66. The van der Waals surface area contributed by atoms with Crippen LogP contribution in [0.1, 0.15) is 33.1 Å². The molecule has 0 aromatic heterocycles. The van der Waals surface area contributed by atoms with Gasteiger partial charge in [-0.3, -0.25) is 4.79 Å². The molecule has 0 bridgehead atoms. The molecule has 0 radical (unpaired) electrons. The van der Waals surface area contributed by atoms with Crippen LogP contribution in [-0.2, 0) is 14.3 Å². The maximum atomic E-state index is 12.1. The van der Waals surface area contributed by atoms with Crippen molar-refractivity contribution in [1.82, 2.24) is 4.90 Å². The van der Waals surface area contributed by atoms with Gasteiger partial charge in [-0.25, -0.2) is 0 Å². The monoisotopic (exact) mass is 243 g/mol. The van der Waals surface area contributed by atoms with Gasteiger partial charge in [-0.15, -0.1) is 0 Å². The Morgan fingerprint density at radius 1 is 1.53 bits per heavy atom. The molecule has 0 aliphatic carbocycles. The van der Waals surface area contributed by atoms with Crippen LogP contribution in [0.5, 0.6) is 0 Å². The van der Waals surface area contributed by atoms with Gasteiger partial charge >= 0.3 is 0 Å². The van der Waals surface area contributed by atoms with E-state index in [1.807, 2.05) is 4.90 Å². The molecule has 4 nitrogen and oxygen atoms in total. The Hall–Kier alpha value is -0.610. The maximum Gasteiger partial charge on any atom is 0.225 e. The van der Waals surface area contributed by atoms with Gasteiger partial charge in [0.2, 0.25) is 5.91 Å².